The zero-order chi connectivity index (χ0) is 34.3. The van der Waals surface area contributed by atoms with Crippen molar-refractivity contribution in [2.45, 2.75) is 81.1 Å². The number of benzene rings is 2. The number of hydrogen-bond donors (Lipinski definition) is 2. The summed E-state index contributed by atoms with van der Waals surface area (Å²) in [5.41, 5.74) is 4.46. The molecule has 0 radical (unpaired) electrons. The first-order valence-electron chi connectivity index (χ1n) is 17.5. The molecular formula is C38H44N4O6S. The molecule has 2 aromatic carbocycles. The molecular weight excluding hydrogens is 641 g/mol. The molecule has 1 heterocycles. The zero-order valence-electron chi connectivity index (χ0n) is 27.9. The van der Waals surface area contributed by atoms with Crippen LogP contribution in [0.5, 0.6) is 0 Å². The molecule has 0 unspecified atom stereocenters. The van der Waals surface area contributed by atoms with E-state index in [0.29, 0.717) is 25.1 Å². The maximum Gasteiger partial charge on any atom is 0.259 e. The fraction of sp³-hybridized carbons (Fsp3) is 0.474. The van der Waals surface area contributed by atoms with E-state index in [2.05, 4.69) is 53.0 Å². The normalized spacial score (nSPS) is 29.9. The lowest BCUT2D eigenvalue weighted by Crippen LogP contribution is -2.54. The van der Waals surface area contributed by atoms with E-state index < -0.39 is 56.5 Å². The van der Waals surface area contributed by atoms with Crippen LogP contribution in [-0.4, -0.2) is 67.2 Å². The molecule has 5 atom stereocenters. The summed E-state index contributed by atoms with van der Waals surface area (Å²) in [5.74, 6) is -3.27. The molecule has 49 heavy (non-hydrogen) atoms. The molecule has 4 bridgehead atoms. The van der Waals surface area contributed by atoms with Gasteiger partial charge in [0.2, 0.25) is 21.8 Å². The van der Waals surface area contributed by atoms with E-state index in [9.17, 15) is 22.8 Å². The first kappa shape index (κ1) is 33.3. The van der Waals surface area contributed by atoms with Gasteiger partial charge in [0.05, 0.1) is 17.1 Å². The van der Waals surface area contributed by atoms with Gasteiger partial charge in [0, 0.05) is 30.6 Å². The van der Waals surface area contributed by atoms with Crippen molar-refractivity contribution in [3.05, 3.63) is 77.9 Å². The van der Waals surface area contributed by atoms with E-state index >= 15 is 0 Å². The second kappa shape index (κ2) is 13.2. The molecule has 11 heteroatoms. The van der Waals surface area contributed by atoms with Crippen LogP contribution in [-0.2, 0) is 29.2 Å². The number of hydrogen-bond acceptors (Lipinski definition) is 7. The van der Waals surface area contributed by atoms with Crippen molar-refractivity contribution >= 4 is 39.5 Å². The number of rotatable bonds is 6. The van der Waals surface area contributed by atoms with E-state index in [1.165, 1.54) is 0 Å². The summed E-state index contributed by atoms with van der Waals surface area (Å²) in [5, 5.41) is 7.00. The second-order valence-electron chi connectivity index (χ2n) is 14.2. The Morgan fingerprint density at radius 1 is 1.02 bits per heavy atom. The Morgan fingerprint density at radius 3 is 2.53 bits per heavy atom. The van der Waals surface area contributed by atoms with Gasteiger partial charge in [-0.3, -0.25) is 19.1 Å². The predicted octanol–water partition coefficient (Wildman–Crippen LogP) is 4.94. The fourth-order valence-electron chi connectivity index (χ4n) is 7.64. The minimum atomic E-state index is -3.82. The zero-order valence-corrected chi connectivity index (χ0v) is 28.7. The number of nitrogens with one attached hydrogen (secondary N) is 2. The van der Waals surface area contributed by atoms with Crippen LogP contribution in [0.3, 0.4) is 0 Å². The van der Waals surface area contributed by atoms with Gasteiger partial charge >= 0.3 is 0 Å². The maximum absolute atomic E-state index is 14.1. The minimum Gasteiger partial charge on any atom is -0.392 e. The lowest BCUT2D eigenvalue weighted by Gasteiger charge is -2.26. The third kappa shape index (κ3) is 6.57. The number of fused-ring (bicyclic) bond motifs is 6. The molecule has 0 saturated heterocycles. The number of oxime groups is 1. The third-order valence-corrected chi connectivity index (χ3v) is 12.6. The molecule has 2 aromatic rings. The van der Waals surface area contributed by atoms with E-state index in [1.807, 2.05) is 18.2 Å². The summed E-state index contributed by atoms with van der Waals surface area (Å²) < 4.78 is 27.4. The average Bonchev–Trinajstić information content (AvgIpc) is 4.00. The molecule has 5 aliphatic rings. The molecule has 4 aliphatic carbocycles. The minimum absolute atomic E-state index is 0.146. The molecule has 0 aromatic heterocycles. The first-order valence-corrected chi connectivity index (χ1v) is 19.1. The Bertz CT molecular complexity index is 1850. The molecule has 2 N–H and O–H groups in total. The monoisotopic (exact) mass is 684 g/mol. The smallest absolute Gasteiger partial charge is 0.259 e. The Morgan fingerprint density at radius 2 is 1.78 bits per heavy atom. The van der Waals surface area contributed by atoms with E-state index in [0.717, 1.165) is 59.9 Å². The van der Waals surface area contributed by atoms with Crippen LogP contribution in [0.15, 0.2) is 66.4 Å². The summed E-state index contributed by atoms with van der Waals surface area (Å²) in [6, 6.07) is 14.4. The Kier molecular flexibility index (Phi) is 8.98. The number of amides is 3. The van der Waals surface area contributed by atoms with Crippen molar-refractivity contribution in [1.29, 1.82) is 0 Å². The summed E-state index contributed by atoms with van der Waals surface area (Å²) >= 11 is 0. The van der Waals surface area contributed by atoms with Crippen LogP contribution in [0, 0.1) is 17.8 Å². The van der Waals surface area contributed by atoms with E-state index in [4.69, 9.17) is 9.99 Å². The van der Waals surface area contributed by atoms with Gasteiger partial charge in [0.1, 0.15) is 17.4 Å². The van der Waals surface area contributed by atoms with Crippen LogP contribution in [0.2, 0.25) is 0 Å². The van der Waals surface area contributed by atoms with Crippen LogP contribution in [0.25, 0.3) is 17.2 Å². The summed E-state index contributed by atoms with van der Waals surface area (Å²) in [6.45, 7) is 4.37. The van der Waals surface area contributed by atoms with Gasteiger partial charge in [-0.15, -0.1) is 6.58 Å². The van der Waals surface area contributed by atoms with Crippen molar-refractivity contribution < 1.29 is 27.6 Å². The van der Waals surface area contributed by atoms with Crippen molar-refractivity contribution in [3.8, 4) is 11.1 Å². The van der Waals surface area contributed by atoms with Gasteiger partial charge in [0.25, 0.3) is 5.91 Å². The molecule has 258 valence electrons. The summed E-state index contributed by atoms with van der Waals surface area (Å²) in [7, 11) is -2.05. The van der Waals surface area contributed by atoms with Gasteiger partial charge < -0.3 is 15.1 Å². The van der Waals surface area contributed by atoms with Crippen LogP contribution < -0.4 is 10.0 Å². The van der Waals surface area contributed by atoms with E-state index in [-0.39, 0.29) is 25.2 Å². The predicted molar refractivity (Wildman–Crippen MR) is 188 cm³/mol. The Labute approximate surface area is 288 Å². The first-order chi connectivity index (χ1) is 23.6. The number of sulfonamides is 1. The number of allylic oxidation sites excluding steroid dienone is 1. The lowest BCUT2D eigenvalue weighted by molar-refractivity contribution is -0.140. The highest BCUT2D eigenvalue weighted by molar-refractivity contribution is 7.91. The largest absolute Gasteiger partial charge is 0.392 e. The lowest BCUT2D eigenvalue weighted by atomic mass is 9.93. The van der Waals surface area contributed by atoms with Crippen LogP contribution in [0.1, 0.15) is 80.9 Å². The highest BCUT2D eigenvalue weighted by Gasteiger charge is 2.62. The fourth-order valence-corrected chi connectivity index (χ4v) is 9.00. The molecule has 3 saturated carbocycles. The van der Waals surface area contributed by atoms with Crippen molar-refractivity contribution in [1.82, 2.24) is 14.9 Å². The summed E-state index contributed by atoms with van der Waals surface area (Å²) in [6.07, 6.45) is 12.1. The van der Waals surface area contributed by atoms with Gasteiger partial charge in [-0.05, 0) is 74.1 Å². The number of carbonyl (C=O) groups excluding carboxylic acids is 3. The number of carbonyl (C=O) groups is 3. The van der Waals surface area contributed by atoms with Crippen molar-refractivity contribution in [2.24, 2.45) is 22.9 Å². The molecule has 7 rings (SSSR count). The van der Waals surface area contributed by atoms with Gasteiger partial charge in [-0.2, -0.15) is 0 Å². The molecule has 0 spiro atoms. The maximum atomic E-state index is 14.1. The molecule has 3 fully saturated rings. The van der Waals surface area contributed by atoms with Crippen LogP contribution >= 0.6 is 0 Å². The topological polar surface area (TPSA) is 134 Å². The molecule has 3 amide bonds. The average molecular weight is 685 g/mol. The van der Waals surface area contributed by atoms with E-state index in [1.54, 1.807) is 18.0 Å². The molecule has 10 nitrogen and oxygen atoms in total. The Hall–Kier alpha value is -4.25. The van der Waals surface area contributed by atoms with Crippen LogP contribution in [0.4, 0.5) is 0 Å². The van der Waals surface area contributed by atoms with Gasteiger partial charge in [0.15, 0.2) is 0 Å². The number of nitrogens with zero attached hydrogens (tertiary/aromatic N) is 2. The standard InChI is InChI=1S/C38H44N4O6S/c1-3-25-23-38(25,37(45)41-49(46,47)27-16-17-27)39-35(43)32-21-26-22-33(32)36(44)42(2)19-11-7-5-4-6-8-12-24-15-18-29-28-13-9-10-14-30(28)34(40-48-26)31(29)20-24/h3,8-10,12-15,18,20,25-27,32-33H,1,4-7,11,16-17,19,21-23H2,2H3,(H,39,43)(H,41,45)/b12-8-,40-34+/t25-,26+,32+,33+,38-/m0/s1. The van der Waals surface area contributed by atoms with Crippen molar-refractivity contribution in [3.63, 3.8) is 0 Å². The highest BCUT2D eigenvalue weighted by atomic mass is 32.2. The molecule has 1 aliphatic heterocycles. The second-order valence-corrected chi connectivity index (χ2v) is 16.2. The Balaban J connectivity index is 1.17. The van der Waals surface area contributed by atoms with Gasteiger partial charge in [-0.25, -0.2) is 8.42 Å². The van der Waals surface area contributed by atoms with Crippen molar-refractivity contribution in [2.75, 3.05) is 13.6 Å². The third-order valence-electron chi connectivity index (χ3n) is 10.8. The highest BCUT2D eigenvalue weighted by Crippen LogP contribution is 2.47. The van der Waals surface area contributed by atoms with Gasteiger partial charge in [-0.1, -0.05) is 72.6 Å². The SMILES string of the molecule is C=C[C@H]1C[C@@]1(NC(=O)[C@@H]1C[C@@H]2C[C@H]1C(=O)N(C)CCCCCC/C=C\c1ccc3c(c1)/C(=N/O2)c1ccccc1-3)C(=O)NS(=O)(=O)C1CC1. The summed E-state index contributed by atoms with van der Waals surface area (Å²) in [4.78, 5) is 49.3. The quantitative estimate of drug-likeness (QED) is 0.354.